The highest BCUT2D eigenvalue weighted by molar-refractivity contribution is 5.11. The average molecular weight is 469 g/mol. The number of aromatic nitrogens is 2. The summed E-state index contributed by atoms with van der Waals surface area (Å²) >= 11 is 0. The zero-order valence-electron chi connectivity index (χ0n) is 19.9. The van der Waals surface area contributed by atoms with Gasteiger partial charge < -0.3 is 42.4 Å². The summed E-state index contributed by atoms with van der Waals surface area (Å²) in [6, 6.07) is 0. The van der Waals surface area contributed by atoms with Crippen LogP contribution in [0.2, 0.25) is 0 Å². The molecule has 0 unspecified atom stereocenters. The SMILES string of the molecule is CO[C@@]1(C)O[C@H]([C@H]2C[C@@H](c3coc([C@@H](O)c4cnco4)n3)OC(C)(C)O2)[C@@H](C)O[C@]1(C)OC. The van der Waals surface area contributed by atoms with Crippen LogP contribution in [0.4, 0.5) is 0 Å². The minimum absolute atomic E-state index is 0.0830. The third-order valence-corrected chi connectivity index (χ3v) is 6.34. The molecule has 0 amide bonds. The number of methoxy groups -OCH3 is 2. The van der Waals surface area contributed by atoms with Gasteiger partial charge in [-0.15, -0.1) is 0 Å². The molecule has 2 aliphatic heterocycles. The van der Waals surface area contributed by atoms with Crippen molar-refractivity contribution < 1.29 is 42.4 Å². The molecule has 0 bridgehead atoms. The lowest BCUT2D eigenvalue weighted by Gasteiger charge is -2.54. The quantitative estimate of drug-likeness (QED) is 0.672. The molecule has 33 heavy (non-hydrogen) atoms. The number of hydrogen-bond acceptors (Lipinski definition) is 11. The molecule has 2 aromatic heterocycles. The van der Waals surface area contributed by atoms with Gasteiger partial charge in [-0.2, -0.15) is 0 Å². The van der Waals surface area contributed by atoms with E-state index in [4.69, 9.17) is 37.3 Å². The van der Waals surface area contributed by atoms with Crippen LogP contribution in [-0.4, -0.2) is 65.0 Å². The lowest BCUT2D eigenvalue weighted by atomic mass is 9.95. The van der Waals surface area contributed by atoms with E-state index in [-0.39, 0.29) is 17.8 Å². The van der Waals surface area contributed by atoms with E-state index in [2.05, 4.69) is 9.97 Å². The molecule has 2 aromatic rings. The Morgan fingerprint density at radius 1 is 1.03 bits per heavy atom. The van der Waals surface area contributed by atoms with Crippen molar-refractivity contribution in [3.05, 3.63) is 36.2 Å². The summed E-state index contributed by atoms with van der Waals surface area (Å²) in [5.41, 5.74) is 0.519. The molecular formula is C22H32N2O9. The van der Waals surface area contributed by atoms with Gasteiger partial charge in [-0.05, 0) is 34.6 Å². The van der Waals surface area contributed by atoms with E-state index >= 15 is 0 Å². The highest BCUT2D eigenvalue weighted by Crippen LogP contribution is 2.44. The Morgan fingerprint density at radius 3 is 2.36 bits per heavy atom. The number of ether oxygens (including phenoxy) is 6. The Bertz CT molecular complexity index is 932. The first kappa shape index (κ1) is 24.3. The van der Waals surface area contributed by atoms with Crippen molar-refractivity contribution in [1.29, 1.82) is 0 Å². The number of aliphatic hydroxyl groups excluding tert-OH is 1. The molecule has 0 aromatic carbocycles. The van der Waals surface area contributed by atoms with E-state index in [1.54, 1.807) is 28.1 Å². The predicted molar refractivity (Wildman–Crippen MR) is 111 cm³/mol. The second-order valence-corrected chi connectivity index (χ2v) is 9.02. The third kappa shape index (κ3) is 4.46. The monoisotopic (exact) mass is 468 g/mol. The van der Waals surface area contributed by atoms with Gasteiger partial charge in [-0.25, -0.2) is 9.97 Å². The van der Waals surface area contributed by atoms with Gasteiger partial charge in [0.25, 0.3) is 0 Å². The van der Waals surface area contributed by atoms with Crippen LogP contribution >= 0.6 is 0 Å². The fourth-order valence-electron chi connectivity index (χ4n) is 4.32. The summed E-state index contributed by atoms with van der Waals surface area (Å²) in [5.74, 6) is -2.89. The van der Waals surface area contributed by atoms with Crippen LogP contribution in [0.1, 0.15) is 70.6 Å². The molecule has 11 nitrogen and oxygen atoms in total. The molecule has 0 saturated carbocycles. The maximum atomic E-state index is 10.4. The van der Waals surface area contributed by atoms with Gasteiger partial charge in [-0.1, -0.05) is 0 Å². The van der Waals surface area contributed by atoms with Gasteiger partial charge in [0, 0.05) is 20.6 Å². The van der Waals surface area contributed by atoms with Crippen molar-refractivity contribution in [3.63, 3.8) is 0 Å². The summed E-state index contributed by atoms with van der Waals surface area (Å²) in [7, 11) is 3.09. The van der Waals surface area contributed by atoms with Gasteiger partial charge in [0.1, 0.15) is 24.2 Å². The minimum Gasteiger partial charge on any atom is -0.445 e. The summed E-state index contributed by atoms with van der Waals surface area (Å²) in [6.45, 7) is 9.09. The van der Waals surface area contributed by atoms with Crippen molar-refractivity contribution in [2.45, 2.75) is 88.9 Å². The van der Waals surface area contributed by atoms with Crippen LogP contribution in [-0.2, 0) is 28.4 Å². The molecule has 4 heterocycles. The lowest BCUT2D eigenvalue weighted by Crippen LogP contribution is -2.67. The van der Waals surface area contributed by atoms with Crippen molar-refractivity contribution >= 4 is 0 Å². The maximum absolute atomic E-state index is 10.4. The van der Waals surface area contributed by atoms with Crippen molar-refractivity contribution in [2.24, 2.45) is 0 Å². The second kappa shape index (κ2) is 8.73. The Balaban J connectivity index is 1.56. The van der Waals surface area contributed by atoms with E-state index < -0.39 is 41.8 Å². The Kier molecular flexibility index (Phi) is 6.42. The van der Waals surface area contributed by atoms with Crippen LogP contribution < -0.4 is 0 Å². The fourth-order valence-corrected chi connectivity index (χ4v) is 4.32. The van der Waals surface area contributed by atoms with Crippen LogP contribution in [0.15, 0.2) is 27.7 Å². The van der Waals surface area contributed by atoms with Crippen molar-refractivity contribution in [2.75, 3.05) is 14.2 Å². The van der Waals surface area contributed by atoms with Crippen LogP contribution in [0.3, 0.4) is 0 Å². The summed E-state index contributed by atoms with van der Waals surface area (Å²) in [6.07, 6.45) is 1.61. The van der Waals surface area contributed by atoms with Gasteiger partial charge >= 0.3 is 0 Å². The minimum atomic E-state index is -1.17. The maximum Gasteiger partial charge on any atom is 0.231 e. The molecule has 7 atom stereocenters. The Labute approximate surface area is 192 Å². The number of hydrogen-bond donors (Lipinski definition) is 1. The third-order valence-electron chi connectivity index (χ3n) is 6.34. The van der Waals surface area contributed by atoms with E-state index in [0.29, 0.717) is 12.1 Å². The number of aliphatic hydroxyl groups is 1. The first-order valence-corrected chi connectivity index (χ1v) is 10.8. The van der Waals surface area contributed by atoms with Gasteiger partial charge in [0.05, 0.1) is 18.4 Å². The molecule has 0 radical (unpaired) electrons. The van der Waals surface area contributed by atoms with Gasteiger partial charge in [0.15, 0.2) is 24.0 Å². The largest absolute Gasteiger partial charge is 0.445 e. The highest BCUT2D eigenvalue weighted by atomic mass is 16.8. The topological polar surface area (TPSA) is 128 Å². The molecular weight excluding hydrogens is 436 g/mol. The first-order chi connectivity index (χ1) is 15.5. The van der Waals surface area contributed by atoms with Crippen LogP contribution in [0.5, 0.6) is 0 Å². The second-order valence-electron chi connectivity index (χ2n) is 9.02. The predicted octanol–water partition coefficient (Wildman–Crippen LogP) is 2.86. The summed E-state index contributed by atoms with van der Waals surface area (Å²) in [4.78, 5) is 8.24. The smallest absolute Gasteiger partial charge is 0.231 e. The molecule has 4 rings (SSSR count). The molecule has 2 aliphatic rings. The van der Waals surface area contributed by atoms with Crippen LogP contribution in [0.25, 0.3) is 0 Å². The summed E-state index contributed by atoms with van der Waals surface area (Å²) < 4.78 is 46.8. The van der Waals surface area contributed by atoms with E-state index in [0.717, 1.165) is 0 Å². The van der Waals surface area contributed by atoms with Crippen molar-refractivity contribution in [1.82, 2.24) is 9.97 Å². The Hall–Kier alpha value is -1.86. The summed E-state index contributed by atoms with van der Waals surface area (Å²) in [5, 5.41) is 10.4. The zero-order chi connectivity index (χ0) is 24.0. The number of oxazole rings is 2. The lowest BCUT2D eigenvalue weighted by molar-refractivity contribution is -0.460. The molecule has 2 saturated heterocycles. The first-order valence-electron chi connectivity index (χ1n) is 10.8. The fraction of sp³-hybridized carbons (Fsp3) is 0.727. The van der Waals surface area contributed by atoms with E-state index in [1.165, 1.54) is 18.9 Å². The zero-order valence-corrected chi connectivity index (χ0v) is 19.9. The normalized spacial score (nSPS) is 37.7. The molecule has 2 fully saturated rings. The number of nitrogens with zero attached hydrogens (tertiary/aromatic N) is 2. The average Bonchev–Trinajstić information content (AvgIpc) is 3.47. The van der Waals surface area contributed by atoms with Gasteiger partial charge in [0.2, 0.25) is 17.5 Å². The molecule has 11 heteroatoms. The van der Waals surface area contributed by atoms with Crippen molar-refractivity contribution in [3.8, 4) is 0 Å². The molecule has 184 valence electrons. The molecule has 0 aliphatic carbocycles. The molecule has 0 spiro atoms. The van der Waals surface area contributed by atoms with Crippen LogP contribution in [0, 0.1) is 0 Å². The molecule has 1 N–H and O–H groups in total. The standard InChI is InChI=1S/C22H32N2O9/c1-12-18(33-22(5,27-7)21(4,26-6)30-12)15-8-14(31-20(2,3)32-15)13-10-28-19(24-13)17(25)16-9-23-11-29-16/h9-12,14-15,17-18,25H,8H2,1-7H3/t12-,14+,15-,17+,18+,21+,22+/m1/s1. The number of rotatable bonds is 6. The van der Waals surface area contributed by atoms with Gasteiger partial charge in [-0.3, -0.25) is 0 Å². The van der Waals surface area contributed by atoms with E-state index in [9.17, 15) is 5.11 Å². The highest BCUT2D eigenvalue weighted by Gasteiger charge is 2.58. The Morgan fingerprint density at radius 2 is 1.73 bits per heavy atom. The van der Waals surface area contributed by atoms with E-state index in [1.807, 2.05) is 20.8 Å².